The molecule has 0 atom stereocenters. The van der Waals surface area contributed by atoms with Crippen molar-refractivity contribution in [3.63, 3.8) is 0 Å². The zero-order chi connectivity index (χ0) is 18.8. The molecule has 0 aromatic heterocycles. The third-order valence-corrected chi connectivity index (χ3v) is 4.57. The summed E-state index contributed by atoms with van der Waals surface area (Å²) in [5.41, 5.74) is 5.47. The van der Waals surface area contributed by atoms with Crippen LogP contribution in [0.25, 0.3) is 22.8 Å². The van der Waals surface area contributed by atoms with Gasteiger partial charge in [-0.1, -0.05) is 60.7 Å². The molecule has 3 aromatic rings. The first-order valence-corrected chi connectivity index (χ1v) is 8.57. The molecule has 4 rings (SSSR count). The van der Waals surface area contributed by atoms with Crippen molar-refractivity contribution in [2.45, 2.75) is 0 Å². The van der Waals surface area contributed by atoms with Gasteiger partial charge in [0.15, 0.2) is 0 Å². The minimum atomic E-state index is -0.432. The number of amides is 1. The minimum Gasteiger partial charge on any atom is -0.465 e. The van der Waals surface area contributed by atoms with Crippen LogP contribution in [0.15, 0.2) is 72.8 Å². The van der Waals surface area contributed by atoms with Crippen molar-refractivity contribution in [3.05, 3.63) is 89.5 Å². The molecule has 1 heterocycles. The molecule has 4 heteroatoms. The van der Waals surface area contributed by atoms with Crippen molar-refractivity contribution in [3.8, 4) is 11.1 Å². The summed E-state index contributed by atoms with van der Waals surface area (Å²) in [5.74, 6) is -0.617. The van der Waals surface area contributed by atoms with Crippen molar-refractivity contribution in [1.82, 2.24) is 0 Å². The van der Waals surface area contributed by atoms with E-state index in [-0.39, 0.29) is 5.91 Å². The molecule has 0 radical (unpaired) electrons. The van der Waals surface area contributed by atoms with Gasteiger partial charge in [-0.15, -0.1) is 0 Å². The van der Waals surface area contributed by atoms with E-state index < -0.39 is 5.97 Å². The van der Waals surface area contributed by atoms with Gasteiger partial charge in [-0.3, -0.25) is 4.79 Å². The van der Waals surface area contributed by atoms with Gasteiger partial charge in [0, 0.05) is 16.8 Å². The summed E-state index contributed by atoms with van der Waals surface area (Å²) < 4.78 is 4.74. The molecule has 1 aliphatic rings. The number of ether oxygens (including phenoxy) is 1. The fourth-order valence-electron chi connectivity index (χ4n) is 3.24. The van der Waals surface area contributed by atoms with Crippen LogP contribution in [0.5, 0.6) is 0 Å². The van der Waals surface area contributed by atoms with Crippen LogP contribution in [0.3, 0.4) is 0 Å². The highest BCUT2D eigenvalue weighted by atomic mass is 16.5. The predicted octanol–water partition coefficient (Wildman–Crippen LogP) is 4.63. The third-order valence-electron chi connectivity index (χ3n) is 4.57. The molecule has 0 fully saturated rings. The van der Waals surface area contributed by atoms with E-state index in [1.807, 2.05) is 60.7 Å². The van der Waals surface area contributed by atoms with Crippen LogP contribution in [-0.4, -0.2) is 19.0 Å². The van der Waals surface area contributed by atoms with Crippen molar-refractivity contribution < 1.29 is 14.3 Å². The Hall–Kier alpha value is -3.66. The van der Waals surface area contributed by atoms with Gasteiger partial charge in [0.25, 0.3) is 5.91 Å². The first-order valence-electron chi connectivity index (χ1n) is 8.57. The summed E-state index contributed by atoms with van der Waals surface area (Å²) in [7, 11) is 1.33. The van der Waals surface area contributed by atoms with E-state index in [4.69, 9.17) is 4.74 Å². The number of methoxy groups -OCH3 is 1. The van der Waals surface area contributed by atoms with E-state index >= 15 is 0 Å². The van der Waals surface area contributed by atoms with Gasteiger partial charge in [-0.25, -0.2) is 4.79 Å². The number of rotatable bonds is 3. The third kappa shape index (κ3) is 3.13. The number of carbonyl (C=O) groups is 2. The lowest BCUT2D eigenvalue weighted by Crippen LogP contribution is -2.04. The molecule has 0 saturated carbocycles. The van der Waals surface area contributed by atoms with Crippen molar-refractivity contribution >= 4 is 29.2 Å². The Balaban J connectivity index is 1.79. The molecule has 0 unspecified atom stereocenters. The zero-order valence-electron chi connectivity index (χ0n) is 14.7. The molecule has 132 valence electrons. The summed E-state index contributed by atoms with van der Waals surface area (Å²) in [6, 6.07) is 23.1. The van der Waals surface area contributed by atoms with E-state index in [9.17, 15) is 9.59 Å². The lowest BCUT2D eigenvalue weighted by atomic mass is 9.96. The van der Waals surface area contributed by atoms with Gasteiger partial charge in [0.2, 0.25) is 0 Å². The molecule has 1 N–H and O–H groups in total. The molecular weight excluding hydrogens is 338 g/mol. The van der Waals surface area contributed by atoms with E-state index in [0.717, 1.165) is 22.3 Å². The quantitative estimate of drug-likeness (QED) is 0.550. The highest BCUT2D eigenvalue weighted by Gasteiger charge is 2.25. The number of carbonyl (C=O) groups excluding carboxylic acids is 2. The second-order valence-electron chi connectivity index (χ2n) is 6.22. The fourth-order valence-corrected chi connectivity index (χ4v) is 3.24. The molecule has 1 aliphatic heterocycles. The Morgan fingerprint density at radius 3 is 2.44 bits per heavy atom. The maximum absolute atomic E-state index is 12.5. The van der Waals surface area contributed by atoms with E-state index in [1.54, 1.807) is 18.2 Å². The van der Waals surface area contributed by atoms with Crippen LogP contribution in [0.1, 0.15) is 21.5 Å². The van der Waals surface area contributed by atoms with Crippen molar-refractivity contribution in [2.75, 3.05) is 12.4 Å². The molecule has 0 saturated heterocycles. The molecule has 1 amide bonds. The Kier molecular flexibility index (Phi) is 4.30. The summed E-state index contributed by atoms with van der Waals surface area (Å²) in [5, 5.41) is 2.83. The predicted molar refractivity (Wildman–Crippen MR) is 106 cm³/mol. The number of anilines is 1. The molecular formula is C23H17NO3. The SMILES string of the molecule is COC(=O)c1ccc2c(c1)NC(=O)/C2=C\c1ccccc1-c1ccccc1. The van der Waals surface area contributed by atoms with Crippen molar-refractivity contribution in [2.24, 2.45) is 0 Å². The van der Waals surface area contributed by atoms with Crippen LogP contribution in [0, 0.1) is 0 Å². The van der Waals surface area contributed by atoms with Gasteiger partial charge >= 0.3 is 5.97 Å². The Morgan fingerprint density at radius 2 is 1.67 bits per heavy atom. The number of nitrogens with one attached hydrogen (secondary N) is 1. The summed E-state index contributed by atoms with van der Waals surface area (Å²) in [4.78, 5) is 24.3. The number of benzene rings is 3. The summed E-state index contributed by atoms with van der Waals surface area (Å²) in [6.45, 7) is 0. The smallest absolute Gasteiger partial charge is 0.337 e. The maximum Gasteiger partial charge on any atom is 0.337 e. The highest BCUT2D eigenvalue weighted by Crippen LogP contribution is 2.35. The molecule has 0 aliphatic carbocycles. The van der Waals surface area contributed by atoms with Crippen molar-refractivity contribution in [1.29, 1.82) is 0 Å². The summed E-state index contributed by atoms with van der Waals surface area (Å²) in [6.07, 6.45) is 1.89. The lowest BCUT2D eigenvalue weighted by Gasteiger charge is -2.07. The standard InChI is InChI=1S/C23H17NO3/c1-27-23(26)17-11-12-19-20(22(25)24-21(19)14-17)13-16-9-5-6-10-18(16)15-7-3-2-4-8-15/h2-14H,1H3,(H,24,25)/b20-13-. The molecule has 3 aromatic carbocycles. The first kappa shape index (κ1) is 16.8. The Morgan fingerprint density at radius 1 is 0.926 bits per heavy atom. The van der Waals surface area contributed by atoms with Crippen LogP contribution in [-0.2, 0) is 9.53 Å². The Bertz CT molecular complexity index is 1070. The second-order valence-corrected chi connectivity index (χ2v) is 6.22. The average Bonchev–Trinajstić information content (AvgIpc) is 3.03. The largest absolute Gasteiger partial charge is 0.465 e. The van der Waals surface area contributed by atoms with Crippen LogP contribution in [0.4, 0.5) is 5.69 Å². The lowest BCUT2D eigenvalue weighted by molar-refractivity contribution is -0.110. The highest BCUT2D eigenvalue weighted by molar-refractivity contribution is 6.35. The van der Waals surface area contributed by atoms with Crippen LogP contribution < -0.4 is 5.32 Å². The number of esters is 1. The fraction of sp³-hybridized carbons (Fsp3) is 0.0435. The molecule has 27 heavy (non-hydrogen) atoms. The van der Waals surface area contributed by atoms with E-state index in [0.29, 0.717) is 16.8 Å². The number of hydrogen-bond acceptors (Lipinski definition) is 3. The molecule has 0 spiro atoms. The first-order chi connectivity index (χ1) is 13.2. The van der Waals surface area contributed by atoms with Crippen LogP contribution >= 0.6 is 0 Å². The second kappa shape index (κ2) is 6.92. The average molecular weight is 355 g/mol. The Labute approximate surface area is 157 Å². The summed E-state index contributed by atoms with van der Waals surface area (Å²) >= 11 is 0. The number of fused-ring (bicyclic) bond motifs is 1. The van der Waals surface area contributed by atoms with Gasteiger partial charge < -0.3 is 10.1 Å². The monoisotopic (exact) mass is 355 g/mol. The molecule has 0 bridgehead atoms. The van der Waals surface area contributed by atoms with E-state index in [2.05, 4.69) is 5.32 Å². The maximum atomic E-state index is 12.5. The van der Waals surface area contributed by atoms with Crippen LogP contribution in [0.2, 0.25) is 0 Å². The van der Waals surface area contributed by atoms with Gasteiger partial charge in [0.1, 0.15) is 0 Å². The van der Waals surface area contributed by atoms with E-state index in [1.165, 1.54) is 7.11 Å². The van der Waals surface area contributed by atoms with Gasteiger partial charge in [-0.05, 0) is 34.9 Å². The van der Waals surface area contributed by atoms with Gasteiger partial charge in [-0.2, -0.15) is 0 Å². The normalized spacial score (nSPS) is 14.0. The number of hydrogen-bond donors (Lipinski definition) is 1. The topological polar surface area (TPSA) is 55.4 Å². The molecule has 4 nitrogen and oxygen atoms in total. The minimum absolute atomic E-state index is 0.185. The van der Waals surface area contributed by atoms with Gasteiger partial charge in [0.05, 0.1) is 12.7 Å². The zero-order valence-corrected chi connectivity index (χ0v) is 14.7.